The summed E-state index contributed by atoms with van der Waals surface area (Å²) in [5.74, 6) is 0.190. The van der Waals surface area contributed by atoms with Gasteiger partial charge in [0.05, 0.1) is 12.5 Å². The summed E-state index contributed by atoms with van der Waals surface area (Å²) < 4.78 is 10.8. The predicted molar refractivity (Wildman–Crippen MR) is 99.5 cm³/mol. The molecule has 3 atom stereocenters. The summed E-state index contributed by atoms with van der Waals surface area (Å²) in [5.41, 5.74) is 3.14. The highest BCUT2D eigenvalue weighted by Crippen LogP contribution is 2.60. The Hall–Kier alpha value is -1.84. The Morgan fingerprint density at radius 3 is 2.65 bits per heavy atom. The van der Waals surface area contributed by atoms with E-state index in [0.29, 0.717) is 6.42 Å². The Kier molecular flexibility index (Phi) is 4.89. The molecule has 3 rings (SSSR count). The highest BCUT2D eigenvalue weighted by atomic mass is 16.5. The highest BCUT2D eigenvalue weighted by Gasteiger charge is 2.56. The van der Waals surface area contributed by atoms with Gasteiger partial charge in [-0.25, -0.2) is 0 Å². The monoisotopic (exact) mass is 358 g/mol. The maximum absolute atomic E-state index is 12.8. The SMILES string of the molecule is CC(=O)O[C@@H]1CC[C@]2(C)C(CCc3ccoc3)=C(C)C(=O)C[C@@H]2C1(C)C. The van der Waals surface area contributed by atoms with Crippen LogP contribution in [0.3, 0.4) is 0 Å². The number of Topliss-reactive ketones (excluding diaryl/α,β-unsaturated/α-hetero) is 1. The first-order valence-electron chi connectivity index (χ1n) is 9.58. The second-order valence-electron chi connectivity index (χ2n) is 8.79. The molecule has 26 heavy (non-hydrogen) atoms. The molecule has 0 N–H and O–H groups in total. The van der Waals surface area contributed by atoms with E-state index >= 15 is 0 Å². The molecule has 4 heteroatoms. The van der Waals surface area contributed by atoms with Crippen molar-refractivity contribution >= 4 is 11.8 Å². The van der Waals surface area contributed by atoms with Crippen molar-refractivity contribution in [2.24, 2.45) is 16.7 Å². The van der Waals surface area contributed by atoms with Crippen molar-refractivity contribution in [1.82, 2.24) is 0 Å². The number of ether oxygens (including phenoxy) is 1. The van der Waals surface area contributed by atoms with E-state index in [1.54, 1.807) is 12.5 Å². The number of carbonyl (C=O) groups excluding carboxylic acids is 2. The van der Waals surface area contributed by atoms with Gasteiger partial charge in [0.15, 0.2) is 5.78 Å². The third-order valence-electron chi connectivity index (χ3n) is 6.92. The normalized spacial score (nSPS) is 30.9. The molecule has 0 spiro atoms. The van der Waals surface area contributed by atoms with Gasteiger partial charge in [-0.05, 0) is 61.1 Å². The van der Waals surface area contributed by atoms with Crippen LogP contribution in [0.5, 0.6) is 0 Å². The van der Waals surface area contributed by atoms with Gasteiger partial charge >= 0.3 is 5.97 Å². The molecule has 1 heterocycles. The third kappa shape index (κ3) is 3.15. The first kappa shape index (κ1) is 18.9. The molecule has 1 fully saturated rings. The molecule has 1 saturated carbocycles. The van der Waals surface area contributed by atoms with Gasteiger partial charge < -0.3 is 9.15 Å². The molecule has 2 aliphatic carbocycles. The van der Waals surface area contributed by atoms with Crippen LogP contribution in [0.1, 0.15) is 65.9 Å². The fourth-order valence-electron chi connectivity index (χ4n) is 5.40. The summed E-state index contributed by atoms with van der Waals surface area (Å²) in [4.78, 5) is 24.3. The highest BCUT2D eigenvalue weighted by molar-refractivity contribution is 5.97. The lowest BCUT2D eigenvalue weighted by atomic mass is 9.48. The maximum atomic E-state index is 12.8. The van der Waals surface area contributed by atoms with Crippen LogP contribution in [0, 0.1) is 16.7 Å². The van der Waals surface area contributed by atoms with Crippen LogP contribution in [0.4, 0.5) is 0 Å². The molecule has 0 aliphatic heterocycles. The molecule has 142 valence electrons. The summed E-state index contributed by atoms with van der Waals surface area (Å²) >= 11 is 0. The minimum atomic E-state index is -0.235. The molecule has 0 amide bonds. The Bertz CT molecular complexity index is 725. The number of hydrogen-bond acceptors (Lipinski definition) is 4. The van der Waals surface area contributed by atoms with Gasteiger partial charge in [0.25, 0.3) is 0 Å². The van der Waals surface area contributed by atoms with Gasteiger partial charge in [-0.15, -0.1) is 0 Å². The second-order valence-corrected chi connectivity index (χ2v) is 8.79. The zero-order chi connectivity index (χ0) is 19.1. The largest absolute Gasteiger partial charge is 0.472 e. The van der Waals surface area contributed by atoms with Gasteiger partial charge in [-0.3, -0.25) is 9.59 Å². The quantitative estimate of drug-likeness (QED) is 0.720. The lowest BCUT2D eigenvalue weighted by Crippen LogP contribution is -2.54. The van der Waals surface area contributed by atoms with Crippen LogP contribution >= 0.6 is 0 Å². The number of carbonyl (C=O) groups is 2. The van der Waals surface area contributed by atoms with E-state index in [1.807, 2.05) is 13.0 Å². The minimum Gasteiger partial charge on any atom is -0.472 e. The van der Waals surface area contributed by atoms with Crippen LogP contribution in [-0.2, 0) is 20.7 Å². The lowest BCUT2D eigenvalue weighted by Gasteiger charge is -2.57. The van der Waals surface area contributed by atoms with Gasteiger partial charge in [0, 0.05) is 18.8 Å². The predicted octanol–water partition coefficient (Wildman–Crippen LogP) is 4.88. The number of rotatable bonds is 4. The van der Waals surface area contributed by atoms with E-state index in [4.69, 9.17) is 9.15 Å². The van der Waals surface area contributed by atoms with E-state index < -0.39 is 0 Å². The van der Waals surface area contributed by atoms with Gasteiger partial charge in [-0.2, -0.15) is 0 Å². The van der Waals surface area contributed by atoms with E-state index in [1.165, 1.54) is 12.5 Å². The van der Waals surface area contributed by atoms with Crippen molar-refractivity contribution in [3.8, 4) is 0 Å². The molecule has 0 radical (unpaired) electrons. The van der Waals surface area contributed by atoms with Gasteiger partial charge in [0.1, 0.15) is 6.10 Å². The lowest BCUT2D eigenvalue weighted by molar-refractivity contribution is -0.167. The number of ketones is 1. The zero-order valence-electron chi connectivity index (χ0n) is 16.6. The average molecular weight is 358 g/mol. The molecule has 0 unspecified atom stereocenters. The Morgan fingerprint density at radius 2 is 2.04 bits per heavy atom. The maximum Gasteiger partial charge on any atom is 0.302 e. The third-order valence-corrected chi connectivity index (χ3v) is 6.92. The van der Waals surface area contributed by atoms with Crippen LogP contribution in [0.15, 0.2) is 34.2 Å². The molecule has 0 aromatic carbocycles. The minimum absolute atomic E-state index is 0.0259. The fourth-order valence-corrected chi connectivity index (χ4v) is 5.40. The van der Waals surface area contributed by atoms with Crippen LogP contribution < -0.4 is 0 Å². The Morgan fingerprint density at radius 1 is 1.31 bits per heavy atom. The summed E-state index contributed by atoms with van der Waals surface area (Å²) in [7, 11) is 0. The van der Waals surface area contributed by atoms with Crippen molar-refractivity contribution in [3.63, 3.8) is 0 Å². The summed E-state index contributed by atoms with van der Waals surface area (Å²) in [6, 6.07) is 1.99. The van der Waals surface area contributed by atoms with Crippen molar-refractivity contribution in [2.75, 3.05) is 0 Å². The fraction of sp³-hybridized carbons (Fsp3) is 0.636. The first-order valence-corrected chi connectivity index (χ1v) is 9.58. The number of furan rings is 1. The first-order chi connectivity index (χ1) is 12.2. The molecule has 1 aromatic heterocycles. The van der Waals surface area contributed by atoms with Crippen molar-refractivity contribution in [2.45, 2.75) is 72.8 Å². The number of hydrogen-bond donors (Lipinski definition) is 0. The topological polar surface area (TPSA) is 56.5 Å². The van der Waals surface area contributed by atoms with Crippen molar-refractivity contribution in [1.29, 1.82) is 0 Å². The van der Waals surface area contributed by atoms with Gasteiger partial charge in [-0.1, -0.05) is 26.3 Å². The number of esters is 1. The number of allylic oxidation sites excluding steroid dienone is 2. The number of fused-ring (bicyclic) bond motifs is 1. The van der Waals surface area contributed by atoms with Gasteiger partial charge in [0.2, 0.25) is 0 Å². The second kappa shape index (κ2) is 6.71. The number of aryl methyl sites for hydroxylation is 1. The Balaban J connectivity index is 1.92. The molecule has 2 aliphatic rings. The molecule has 0 saturated heterocycles. The van der Waals surface area contributed by atoms with Crippen molar-refractivity contribution in [3.05, 3.63) is 35.3 Å². The summed E-state index contributed by atoms with van der Waals surface area (Å²) in [6.45, 7) is 10.1. The summed E-state index contributed by atoms with van der Waals surface area (Å²) in [5, 5.41) is 0. The van der Waals surface area contributed by atoms with Crippen LogP contribution in [0.25, 0.3) is 0 Å². The van der Waals surface area contributed by atoms with Crippen LogP contribution in [-0.4, -0.2) is 17.9 Å². The zero-order valence-corrected chi connectivity index (χ0v) is 16.6. The van der Waals surface area contributed by atoms with E-state index in [2.05, 4.69) is 20.8 Å². The molecule has 0 bridgehead atoms. The molecule has 1 aromatic rings. The van der Waals surface area contributed by atoms with Crippen LogP contribution in [0.2, 0.25) is 0 Å². The van der Waals surface area contributed by atoms with E-state index in [0.717, 1.165) is 36.8 Å². The average Bonchev–Trinajstić information content (AvgIpc) is 3.06. The van der Waals surface area contributed by atoms with Crippen molar-refractivity contribution < 1.29 is 18.7 Å². The van der Waals surface area contributed by atoms with E-state index in [-0.39, 0.29) is 34.6 Å². The van der Waals surface area contributed by atoms with E-state index in [9.17, 15) is 9.59 Å². The smallest absolute Gasteiger partial charge is 0.302 e. The Labute approximate surface area is 156 Å². The summed E-state index contributed by atoms with van der Waals surface area (Å²) in [6.07, 6.45) is 7.44. The molecular formula is C22H30O4. The standard InChI is InChI=1S/C22H30O4/c1-14-17(7-6-16-9-11-25-13-16)22(5)10-8-20(26-15(2)23)21(3,4)19(22)12-18(14)24/h9,11,13,19-20H,6-8,10,12H2,1-5H3/t19-,20-,22-/m1/s1. The molecular weight excluding hydrogens is 328 g/mol. The molecule has 4 nitrogen and oxygen atoms in total.